The molecule has 1 N–H and O–H groups in total. The van der Waals surface area contributed by atoms with Gasteiger partial charge in [-0.2, -0.15) is 0 Å². The fraction of sp³-hybridized carbons (Fsp3) is 0.333. The van der Waals surface area contributed by atoms with Crippen molar-refractivity contribution >= 4 is 29.9 Å². The normalized spacial score (nSPS) is 14.0. The highest BCUT2D eigenvalue weighted by molar-refractivity contribution is 7.99. The highest BCUT2D eigenvalue weighted by atomic mass is 35.5. The molecule has 0 bridgehead atoms. The number of benzene rings is 2. The van der Waals surface area contributed by atoms with Crippen molar-refractivity contribution < 1.29 is 9.47 Å². The molecule has 0 aliphatic carbocycles. The fourth-order valence-electron chi connectivity index (χ4n) is 2.77. The predicted molar refractivity (Wildman–Crippen MR) is 102 cm³/mol. The molecule has 1 heterocycles. The third kappa shape index (κ3) is 4.09. The quantitative estimate of drug-likeness (QED) is 0.872. The van der Waals surface area contributed by atoms with E-state index in [-0.39, 0.29) is 12.4 Å². The number of rotatable bonds is 5. The second kappa shape index (κ2) is 9.06. The first-order valence-electron chi connectivity index (χ1n) is 7.77. The summed E-state index contributed by atoms with van der Waals surface area (Å²) in [6.07, 6.45) is 0. The minimum absolute atomic E-state index is 0. The van der Waals surface area contributed by atoms with Crippen LogP contribution in [0.1, 0.15) is 0 Å². The van der Waals surface area contributed by atoms with E-state index in [0.717, 1.165) is 42.6 Å². The van der Waals surface area contributed by atoms with Gasteiger partial charge in [-0.3, -0.25) is 0 Å². The number of hydrogen-bond donors (Lipinski definition) is 1. The average Bonchev–Trinajstić information content (AvgIpc) is 2.62. The Bertz CT molecular complexity index is 663. The first-order chi connectivity index (χ1) is 11.3. The van der Waals surface area contributed by atoms with Crippen molar-refractivity contribution in [3.05, 3.63) is 42.5 Å². The SMILES string of the molecule is COc1cccc(Sc2ccccc2N2CCNCC2)c1OC.Cl. The van der Waals surface area contributed by atoms with Gasteiger partial charge in [0.25, 0.3) is 0 Å². The number of nitrogens with zero attached hydrogens (tertiary/aromatic N) is 1. The van der Waals surface area contributed by atoms with Gasteiger partial charge in [-0.15, -0.1) is 12.4 Å². The molecule has 1 aliphatic heterocycles. The van der Waals surface area contributed by atoms with Crippen molar-refractivity contribution in [2.24, 2.45) is 0 Å². The molecule has 24 heavy (non-hydrogen) atoms. The average molecular weight is 367 g/mol. The summed E-state index contributed by atoms with van der Waals surface area (Å²) >= 11 is 1.72. The number of halogens is 1. The number of ether oxygens (including phenoxy) is 2. The van der Waals surface area contributed by atoms with Gasteiger partial charge in [-0.25, -0.2) is 0 Å². The zero-order valence-corrected chi connectivity index (χ0v) is 15.6. The van der Waals surface area contributed by atoms with Crippen molar-refractivity contribution in [2.75, 3.05) is 45.3 Å². The predicted octanol–water partition coefficient (Wildman–Crippen LogP) is 3.69. The molecule has 0 radical (unpaired) electrons. The van der Waals surface area contributed by atoms with Crippen molar-refractivity contribution in [1.82, 2.24) is 5.32 Å². The van der Waals surface area contributed by atoms with Crippen molar-refractivity contribution in [3.63, 3.8) is 0 Å². The minimum atomic E-state index is 0. The summed E-state index contributed by atoms with van der Waals surface area (Å²) in [7, 11) is 3.35. The minimum Gasteiger partial charge on any atom is -0.493 e. The van der Waals surface area contributed by atoms with Crippen molar-refractivity contribution in [2.45, 2.75) is 9.79 Å². The molecule has 2 aromatic rings. The number of piperazine rings is 1. The molecule has 0 spiro atoms. The Kier molecular flexibility index (Phi) is 7.09. The Morgan fingerprint density at radius 2 is 1.62 bits per heavy atom. The molecule has 3 rings (SSSR count). The number of hydrogen-bond acceptors (Lipinski definition) is 5. The van der Waals surface area contributed by atoms with Crippen molar-refractivity contribution in [1.29, 1.82) is 0 Å². The summed E-state index contributed by atoms with van der Waals surface area (Å²) in [4.78, 5) is 4.74. The molecule has 0 atom stereocenters. The van der Waals surface area contributed by atoms with E-state index >= 15 is 0 Å². The lowest BCUT2D eigenvalue weighted by molar-refractivity contribution is 0.348. The molecular formula is C18H23ClN2O2S. The van der Waals surface area contributed by atoms with Crippen LogP contribution in [0.15, 0.2) is 52.3 Å². The first kappa shape index (κ1) is 18.8. The van der Waals surface area contributed by atoms with E-state index in [9.17, 15) is 0 Å². The summed E-state index contributed by atoms with van der Waals surface area (Å²) in [6, 6.07) is 14.5. The van der Waals surface area contributed by atoms with Crippen LogP contribution in [0.5, 0.6) is 11.5 Å². The van der Waals surface area contributed by atoms with Gasteiger partial charge in [0.2, 0.25) is 0 Å². The van der Waals surface area contributed by atoms with Crippen LogP contribution < -0.4 is 19.7 Å². The lowest BCUT2D eigenvalue weighted by Gasteiger charge is -2.31. The van der Waals surface area contributed by atoms with Crippen LogP contribution in [0.2, 0.25) is 0 Å². The van der Waals surface area contributed by atoms with Crippen LogP contribution in [0.4, 0.5) is 5.69 Å². The Morgan fingerprint density at radius 3 is 2.33 bits per heavy atom. The Labute approximate surface area is 153 Å². The van der Waals surface area contributed by atoms with E-state index in [1.807, 2.05) is 12.1 Å². The number of para-hydroxylation sites is 2. The third-order valence-corrected chi connectivity index (χ3v) is 5.02. The van der Waals surface area contributed by atoms with E-state index < -0.39 is 0 Å². The zero-order valence-electron chi connectivity index (χ0n) is 14.0. The largest absolute Gasteiger partial charge is 0.493 e. The van der Waals surface area contributed by atoms with Crippen LogP contribution in [0.3, 0.4) is 0 Å². The molecule has 0 saturated carbocycles. The molecule has 2 aromatic carbocycles. The molecule has 0 unspecified atom stereocenters. The van der Waals surface area contributed by atoms with Crippen molar-refractivity contribution in [3.8, 4) is 11.5 Å². The third-order valence-electron chi connectivity index (χ3n) is 3.91. The molecule has 0 amide bonds. The number of anilines is 1. The van der Waals surface area contributed by atoms with Crippen LogP contribution in [0, 0.1) is 0 Å². The molecule has 0 aromatic heterocycles. The second-order valence-corrected chi connectivity index (χ2v) is 6.38. The van der Waals surface area contributed by atoms with Crippen LogP contribution in [0.25, 0.3) is 0 Å². The summed E-state index contributed by atoms with van der Waals surface area (Å²) < 4.78 is 11.0. The molecule has 4 nitrogen and oxygen atoms in total. The zero-order chi connectivity index (χ0) is 16.1. The summed E-state index contributed by atoms with van der Waals surface area (Å²) in [5.74, 6) is 1.55. The molecule has 6 heteroatoms. The summed E-state index contributed by atoms with van der Waals surface area (Å²) in [6.45, 7) is 4.13. The Morgan fingerprint density at radius 1 is 0.917 bits per heavy atom. The van der Waals surface area contributed by atoms with Gasteiger partial charge in [0.05, 0.1) is 24.8 Å². The van der Waals surface area contributed by atoms with Gasteiger partial charge in [0.15, 0.2) is 11.5 Å². The smallest absolute Gasteiger partial charge is 0.174 e. The van der Waals surface area contributed by atoms with E-state index in [2.05, 4.69) is 40.5 Å². The van der Waals surface area contributed by atoms with Crippen LogP contribution >= 0.6 is 24.2 Å². The van der Waals surface area contributed by atoms with E-state index in [4.69, 9.17) is 9.47 Å². The second-order valence-electron chi connectivity index (χ2n) is 5.30. The van der Waals surface area contributed by atoms with E-state index in [1.54, 1.807) is 26.0 Å². The van der Waals surface area contributed by atoms with Crippen LogP contribution in [-0.4, -0.2) is 40.4 Å². The Balaban J connectivity index is 0.00000208. The van der Waals surface area contributed by atoms with Gasteiger partial charge >= 0.3 is 0 Å². The molecule has 1 saturated heterocycles. The molecular weight excluding hydrogens is 344 g/mol. The molecule has 130 valence electrons. The number of nitrogens with one attached hydrogen (secondary N) is 1. The highest BCUT2D eigenvalue weighted by Gasteiger charge is 2.17. The maximum absolute atomic E-state index is 5.56. The van der Waals surface area contributed by atoms with E-state index in [0.29, 0.717) is 0 Å². The standard InChI is InChI=1S/C18H22N2O2S.ClH/c1-21-15-7-5-9-17(18(15)22-2)23-16-8-4-3-6-14(16)20-12-10-19-11-13-20;/h3-9,19H,10-13H2,1-2H3;1H. The van der Waals surface area contributed by atoms with Gasteiger partial charge < -0.3 is 19.7 Å². The first-order valence-corrected chi connectivity index (χ1v) is 8.58. The molecule has 1 aliphatic rings. The lowest BCUT2D eigenvalue weighted by Crippen LogP contribution is -2.43. The lowest BCUT2D eigenvalue weighted by atomic mass is 10.2. The highest BCUT2D eigenvalue weighted by Crippen LogP contribution is 2.43. The Hall–Kier alpha value is -1.56. The fourth-order valence-corrected chi connectivity index (χ4v) is 3.88. The van der Waals surface area contributed by atoms with Gasteiger partial charge in [0.1, 0.15) is 0 Å². The maximum atomic E-state index is 5.56. The summed E-state index contributed by atoms with van der Waals surface area (Å²) in [5.41, 5.74) is 1.28. The summed E-state index contributed by atoms with van der Waals surface area (Å²) in [5, 5.41) is 3.40. The van der Waals surface area contributed by atoms with Gasteiger partial charge in [-0.1, -0.05) is 30.0 Å². The van der Waals surface area contributed by atoms with Gasteiger partial charge in [0, 0.05) is 31.1 Å². The monoisotopic (exact) mass is 366 g/mol. The van der Waals surface area contributed by atoms with Crippen LogP contribution in [-0.2, 0) is 0 Å². The maximum Gasteiger partial charge on any atom is 0.174 e. The number of methoxy groups -OCH3 is 2. The van der Waals surface area contributed by atoms with Gasteiger partial charge in [-0.05, 0) is 24.3 Å². The van der Waals surface area contributed by atoms with E-state index in [1.165, 1.54) is 10.6 Å². The molecule has 1 fully saturated rings. The topological polar surface area (TPSA) is 33.7 Å².